The number of hydrazone groups is 1. The highest BCUT2D eigenvalue weighted by Crippen LogP contribution is 2.36. The van der Waals surface area contributed by atoms with Crippen molar-refractivity contribution in [2.24, 2.45) is 11.0 Å². The largest absolute Gasteiger partial charge is 0.496 e. The predicted octanol–water partition coefficient (Wildman–Crippen LogP) is 2.63. The van der Waals surface area contributed by atoms with Gasteiger partial charge in [0.1, 0.15) is 5.75 Å². The van der Waals surface area contributed by atoms with Crippen LogP contribution in [-0.4, -0.2) is 18.7 Å². The number of hydrogen-bond acceptors (Lipinski definition) is 3. The van der Waals surface area contributed by atoms with E-state index in [9.17, 15) is 4.79 Å². The molecule has 1 N–H and O–H groups in total. The van der Waals surface area contributed by atoms with Crippen LogP contribution in [-0.2, 0) is 11.2 Å². The number of amides is 1. The van der Waals surface area contributed by atoms with Gasteiger partial charge in [-0.3, -0.25) is 4.79 Å². The van der Waals surface area contributed by atoms with Crippen LogP contribution in [0.3, 0.4) is 0 Å². The molecule has 1 aliphatic heterocycles. The number of fused-ring (bicyclic) bond motifs is 3. The Morgan fingerprint density at radius 3 is 3.11 bits per heavy atom. The van der Waals surface area contributed by atoms with Crippen molar-refractivity contribution < 1.29 is 9.53 Å². The van der Waals surface area contributed by atoms with Crippen LogP contribution in [0, 0.1) is 5.92 Å². The monoisotopic (exact) mass is 322 g/mol. The van der Waals surface area contributed by atoms with Gasteiger partial charge in [0.05, 0.1) is 12.8 Å². The molecule has 100 valence electrons. The molecule has 0 spiro atoms. The van der Waals surface area contributed by atoms with Gasteiger partial charge in [0.25, 0.3) is 0 Å². The number of benzene rings is 1. The number of nitrogens with one attached hydrogen (secondary N) is 1. The molecular formula is C14H15BrN2O2. The maximum atomic E-state index is 11.5. The lowest BCUT2D eigenvalue weighted by Gasteiger charge is -2.23. The van der Waals surface area contributed by atoms with E-state index in [1.165, 1.54) is 5.56 Å². The number of methoxy groups -OCH3 is 1. The maximum Gasteiger partial charge on any atom is 0.240 e. The van der Waals surface area contributed by atoms with E-state index >= 15 is 0 Å². The first kappa shape index (κ1) is 12.7. The SMILES string of the molecule is COc1cc(Br)cc2c1C1=NNC(=O)CC1CCC2. The van der Waals surface area contributed by atoms with E-state index < -0.39 is 0 Å². The van der Waals surface area contributed by atoms with Gasteiger partial charge in [0.2, 0.25) is 5.91 Å². The van der Waals surface area contributed by atoms with Crippen LogP contribution in [0.5, 0.6) is 5.75 Å². The number of ether oxygens (including phenoxy) is 1. The lowest BCUT2D eigenvalue weighted by molar-refractivity contribution is -0.122. The Morgan fingerprint density at radius 2 is 2.32 bits per heavy atom. The topological polar surface area (TPSA) is 50.7 Å². The maximum absolute atomic E-state index is 11.5. The normalized spacial score (nSPS) is 21.7. The van der Waals surface area contributed by atoms with Gasteiger partial charge >= 0.3 is 0 Å². The predicted molar refractivity (Wildman–Crippen MR) is 76.4 cm³/mol. The Bertz CT molecular complexity index is 569. The second-order valence-corrected chi connectivity index (χ2v) is 5.88. The summed E-state index contributed by atoms with van der Waals surface area (Å²) in [6.45, 7) is 0. The molecule has 0 fully saturated rings. The first-order valence-electron chi connectivity index (χ1n) is 6.42. The zero-order valence-electron chi connectivity index (χ0n) is 10.7. The fourth-order valence-corrected chi connectivity index (χ4v) is 3.39. The standard InChI is InChI=1S/C14H15BrN2O2/c1-19-11-7-10(15)5-8-3-2-4-9-6-12(18)16-17-14(9)13(8)11/h5,7,9H,2-4,6H2,1H3,(H,16,18). The molecule has 4 nitrogen and oxygen atoms in total. The third kappa shape index (κ3) is 2.27. The summed E-state index contributed by atoms with van der Waals surface area (Å²) in [5.41, 5.74) is 5.87. The van der Waals surface area contributed by atoms with Crippen molar-refractivity contribution in [3.05, 3.63) is 27.7 Å². The minimum atomic E-state index is 0.00767. The lowest BCUT2D eigenvalue weighted by atomic mass is 9.90. The molecule has 1 heterocycles. The summed E-state index contributed by atoms with van der Waals surface area (Å²) in [6.07, 6.45) is 3.59. The summed E-state index contributed by atoms with van der Waals surface area (Å²) >= 11 is 3.52. The van der Waals surface area contributed by atoms with Crippen molar-refractivity contribution in [1.29, 1.82) is 0 Å². The summed E-state index contributed by atoms with van der Waals surface area (Å²) in [6, 6.07) is 4.08. The fraction of sp³-hybridized carbons (Fsp3) is 0.429. The Kier molecular flexibility index (Phi) is 3.31. The van der Waals surface area contributed by atoms with Crippen LogP contribution in [0.15, 0.2) is 21.7 Å². The Hall–Kier alpha value is -1.36. The number of halogens is 1. The Morgan fingerprint density at radius 1 is 1.47 bits per heavy atom. The molecule has 3 rings (SSSR count). The highest BCUT2D eigenvalue weighted by Gasteiger charge is 2.31. The molecule has 1 amide bonds. The molecule has 0 saturated carbocycles. The van der Waals surface area contributed by atoms with E-state index in [0.717, 1.165) is 40.8 Å². The number of carbonyl (C=O) groups is 1. The number of rotatable bonds is 1. The molecule has 0 bridgehead atoms. The van der Waals surface area contributed by atoms with Gasteiger partial charge in [0, 0.05) is 22.4 Å². The van der Waals surface area contributed by atoms with Crippen molar-refractivity contribution in [1.82, 2.24) is 5.43 Å². The van der Waals surface area contributed by atoms with E-state index in [4.69, 9.17) is 4.74 Å². The minimum Gasteiger partial charge on any atom is -0.496 e. The summed E-state index contributed by atoms with van der Waals surface area (Å²) in [5, 5.41) is 4.29. The molecule has 1 aliphatic carbocycles. The Labute approximate surface area is 120 Å². The molecule has 2 aliphatic rings. The van der Waals surface area contributed by atoms with E-state index in [1.807, 2.05) is 6.07 Å². The molecule has 1 aromatic carbocycles. The van der Waals surface area contributed by atoms with Gasteiger partial charge in [-0.25, -0.2) is 5.43 Å². The van der Waals surface area contributed by atoms with Crippen LogP contribution in [0.2, 0.25) is 0 Å². The zero-order chi connectivity index (χ0) is 13.4. The first-order valence-corrected chi connectivity index (χ1v) is 7.21. The number of aryl methyl sites for hydroxylation is 1. The van der Waals surface area contributed by atoms with E-state index in [0.29, 0.717) is 6.42 Å². The lowest BCUT2D eigenvalue weighted by Crippen LogP contribution is -2.33. The number of carbonyl (C=O) groups excluding carboxylic acids is 1. The average Bonchev–Trinajstić information content (AvgIpc) is 2.56. The summed E-state index contributed by atoms with van der Waals surface area (Å²) in [7, 11) is 1.67. The molecule has 0 saturated heterocycles. The molecule has 1 aromatic rings. The van der Waals surface area contributed by atoms with Crippen molar-refractivity contribution >= 4 is 27.5 Å². The quantitative estimate of drug-likeness (QED) is 0.864. The van der Waals surface area contributed by atoms with Crippen molar-refractivity contribution in [2.75, 3.05) is 7.11 Å². The molecule has 5 heteroatoms. The van der Waals surface area contributed by atoms with Crippen LogP contribution in [0.4, 0.5) is 0 Å². The average molecular weight is 323 g/mol. The highest BCUT2D eigenvalue weighted by molar-refractivity contribution is 9.10. The van der Waals surface area contributed by atoms with Crippen molar-refractivity contribution in [3.63, 3.8) is 0 Å². The van der Waals surface area contributed by atoms with Crippen LogP contribution < -0.4 is 10.2 Å². The second kappa shape index (κ2) is 4.96. The minimum absolute atomic E-state index is 0.00767. The van der Waals surface area contributed by atoms with Gasteiger partial charge < -0.3 is 4.74 Å². The van der Waals surface area contributed by atoms with Crippen LogP contribution in [0.25, 0.3) is 0 Å². The van der Waals surface area contributed by atoms with Crippen molar-refractivity contribution in [2.45, 2.75) is 25.7 Å². The van der Waals surface area contributed by atoms with E-state index in [1.54, 1.807) is 7.11 Å². The van der Waals surface area contributed by atoms with E-state index in [-0.39, 0.29) is 11.8 Å². The van der Waals surface area contributed by atoms with Gasteiger partial charge in [-0.1, -0.05) is 15.9 Å². The molecule has 1 atom stereocenters. The van der Waals surface area contributed by atoms with Crippen LogP contribution in [0.1, 0.15) is 30.4 Å². The third-order valence-corrected chi connectivity index (χ3v) is 4.20. The van der Waals surface area contributed by atoms with Gasteiger partial charge in [0.15, 0.2) is 0 Å². The van der Waals surface area contributed by atoms with Gasteiger partial charge in [-0.05, 0) is 37.0 Å². The third-order valence-electron chi connectivity index (χ3n) is 3.74. The molecule has 0 radical (unpaired) electrons. The molecule has 0 aromatic heterocycles. The number of nitrogens with zero attached hydrogens (tertiary/aromatic N) is 1. The van der Waals surface area contributed by atoms with Gasteiger partial charge in [-0.15, -0.1) is 0 Å². The summed E-state index contributed by atoms with van der Waals surface area (Å²) < 4.78 is 6.52. The summed E-state index contributed by atoms with van der Waals surface area (Å²) in [5.74, 6) is 1.05. The summed E-state index contributed by atoms with van der Waals surface area (Å²) in [4.78, 5) is 11.5. The molecule has 1 unspecified atom stereocenters. The first-order chi connectivity index (χ1) is 9.19. The molecular weight excluding hydrogens is 308 g/mol. The van der Waals surface area contributed by atoms with Gasteiger partial charge in [-0.2, -0.15) is 5.10 Å². The second-order valence-electron chi connectivity index (χ2n) is 4.97. The van der Waals surface area contributed by atoms with E-state index in [2.05, 4.69) is 32.5 Å². The number of hydrogen-bond donors (Lipinski definition) is 1. The molecule has 19 heavy (non-hydrogen) atoms. The smallest absolute Gasteiger partial charge is 0.240 e. The highest BCUT2D eigenvalue weighted by atomic mass is 79.9. The fourth-order valence-electron chi connectivity index (χ4n) is 2.90. The van der Waals surface area contributed by atoms with Crippen molar-refractivity contribution in [3.8, 4) is 5.75 Å². The Balaban J connectivity index is 2.17. The zero-order valence-corrected chi connectivity index (χ0v) is 12.3. The van der Waals surface area contributed by atoms with Crippen LogP contribution >= 0.6 is 15.9 Å².